The Bertz CT molecular complexity index is 254. The van der Waals surface area contributed by atoms with E-state index in [9.17, 15) is 4.79 Å². The van der Waals surface area contributed by atoms with Crippen molar-refractivity contribution in [2.75, 3.05) is 18.1 Å². The van der Waals surface area contributed by atoms with Gasteiger partial charge in [-0.3, -0.25) is 4.79 Å². The summed E-state index contributed by atoms with van der Waals surface area (Å²) in [6.07, 6.45) is 6.67. The highest BCUT2D eigenvalue weighted by molar-refractivity contribution is 7.99. The van der Waals surface area contributed by atoms with Crippen LogP contribution in [-0.2, 0) is 4.79 Å². The molecule has 2 atom stereocenters. The van der Waals surface area contributed by atoms with Crippen LogP contribution in [0.5, 0.6) is 0 Å². The van der Waals surface area contributed by atoms with E-state index in [1.165, 1.54) is 37.2 Å². The molecule has 1 aliphatic heterocycles. The second kappa shape index (κ2) is 6.64. The van der Waals surface area contributed by atoms with Gasteiger partial charge >= 0.3 is 0 Å². The fourth-order valence-electron chi connectivity index (χ4n) is 2.99. The first kappa shape index (κ1) is 13.2. The number of carbonyl (C=O) groups is 1. The molecule has 2 rings (SSSR count). The second-order valence-electron chi connectivity index (χ2n) is 5.36. The molecular formula is C13H24N2OS. The molecule has 1 heterocycles. The lowest BCUT2D eigenvalue weighted by Crippen LogP contribution is -2.40. The van der Waals surface area contributed by atoms with Crippen molar-refractivity contribution < 1.29 is 4.79 Å². The minimum absolute atomic E-state index is 0.257. The fourth-order valence-corrected chi connectivity index (χ4v) is 4.19. The Labute approximate surface area is 108 Å². The largest absolute Gasteiger partial charge is 0.353 e. The monoisotopic (exact) mass is 256 g/mol. The molecule has 17 heavy (non-hydrogen) atoms. The van der Waals surface area contributed by atoms with Gasteiger partial charge in [0.1, 0.15) is 0 Å². The van der Waals surface area contributed by atoms with E-state index in [1.54, 1.807) is 0 Å². The Balaban J connectivity index is 1.72. The van der Waals surface area contributed by atoms with E-state index in [-0.39, 0.29) is 5.91 Å². The van der Waals surface area contributed by atoms with Crippen molar-refractivity contribution in [3.05, 3.63) is 0 Å². The molecule has 3 N–H and O–H groups in total. The van der Waals surface area contributed by atoms with Crippen molar-refractivity contribution in [2.24, 2.45) is 17.6 Å². The quantitative estimate of drug-likeness (QED) is 0.806. The summed E-state index contributed by atoms with van der Waals surface area (Å²) in [4.78, 5) is 12.0. The van der Waals surface area contributed by atoms with E-state index < -0.39 is 0 Å². The number of hydrogen-bond donors (Lipinski definition) is 2. The van der Waals surface area contributed by atoms with Gasteiger partial charge in [-0.25, -0.2) is 0 Å². The zero-order valence-corrected chi connectivity index (χ0v) is 11.3. The van der Waals surface area contributed by atoms with Gasteiger partial charge in [-0.15, -0.1) is 0 Å². The lowest BCUT2D eigenvalue weighted by atomic mass is 9.97. The standard InChI is InChI=1S/C13H24N2OS/c14-9-11-2-1-3-12(11)15-13(16)8-10-4-6-17-7-5-10/h10-12H,1-9,14H2,(H,15,16). The molecule has 0 aromatic carbocycles. The number of amides is 1. The lowest BCUT2D eigenvalue weighted by molar-refractivity contribution is -0.123. The van der Waals surface area contributed by atoms with Crippen molar-refractivity contribution in [1.82, 2.24) is 5.32 Å². The van der Waals surface area contributed by atoms with Crippen LogP contribution >= 0.6 is 11.8 Å². The highest BCUT2D eigenvalue weighted by Crippen LogP contribution is 2.27. The third-order valence-corrected chi connectivity index (χ3v) is 5.17. The van der Waals surface area contributed by atoms with Gasteiger partial charge in [0, 0.05) is 12.5 Å². The smallest absolute Gasteiger partial charge is 0.220 e. The summed E-state index contributed by atoms with van der Waals surface area (Å²) in [5, 5.41) is 3.20. The predicted octanol–water partition coefficient (Wildman–Crippen LogP) is 1.76. The van der Waals surface area contributed by atoms with E-state index in [0.29, 0.717) is 24.4 Å². The fraction of sp³-hybridized carbons (Fsp3) is 0.923. The molecule has 2 aliphatic rings. The Hall–Kier alpha value is -0.220. The van der Waals surface area contributed by atoms with Gasteiger partial charge in [0.15, 0.2) is 0 Å². The first-order valence-corrected chi connectivity index (χ1v) is 8.02. The number of thioether (sulfide) groups is 1. The molecule has 0 aromatic heterocycles. The second-order valence-corrected chi connectivity index (χ2v) is 6.59. The predicted molar refractivity (Wildman–Crippen MR) is 73.0 cm³/mol. The van der Waals surface area contributed by atoms with Gasteiger partial charge in [0.05, 0.1) is 0 Å². The molecule has 4 heteroatoms. The normalized spacial score (nSPS) is 30.4. The molecule has 1 amide bonds. The molecule has 0 bridgehead atoms. The zero-order valence-electron chi connectivity index (χ0n) is 10.5. The molecule has 1 saturated carbocycles. The van der Waals surface area contributed by atoms with E-state index in [0.717, 1.165) is 12.8 Å². The van der Waals surface area contributed by atoms with Gasteiger partial charge < -0.3 is 11.1 Å². The van der Waals surface area contributed by atoms with E-state index in [1.807, 2.05) is 11.8 Å². The van der Waals surface area contributed by atoms with Crippen LogP contribution < -0.4 is 11.1 Å². The molecule has 0 radical (unpaired) electrons. The molecule has 1 saturated heterocycles. The Kier molecular flexibility index (Phi) is 5.16. The summed E-state index contributed by atoms with van der Waals surface area (Å²) in [5.74, 6) is 3.85. The van der Waals surface area contributed by atoms with Crippen LogP contribution in [0, 0.1) is 11.8 Å². The summed E-state index contributed by atoms with van der Waals surface area (Å²) < 4.78 is 0. The van der Waals surface area contributed by atoms with Crippen LogP contribution in [0.15, 0.2) is 0 Å². The molecule has 3 nitrogen and oxygen atoms in total. The maximum Gasteiger partial charge on any atom is 0.220 e. The average molecular weight is 256 g/mol. The average Bonchev–Trinajstić information content (AvgIpc) is 2.77. The number of hydrogen-bond acceptors (Lipinski definition) is 3. The SMILES string of the molecule is NCC1CCCC1NC(=O)CC1CCSCC1. The van der Waals surface area contributed by atoms with Crippen molar-refractivity contribution in [2.45, 2.75) is 44.6 Å². The van der Waals surface area contributed by atoms with Crippen LogP contribution in [0.2, 0.25) is 0 Å². The van der Waals surface area contributed by atoms with Crippen molar-refractivity contribution >= 4 is 17.7 Å². The molecule has 0 aromatic rings. The van der Waals surface area contributed by atoms with Crippen LogP contribution in [0.25, 0.3) is 0 Å². The topological polar surface area (TPSA) is 55.1 Å². The van der Waals surface area contributed by atoms with Crippen molar-refractivity contribution in [3.8, 4) is 0 Å². The molecule has 1 aliphatic carbocycles. The Morgan fingerprint density at radius 1 is 1.24 bits per heavy atom. The highest BCUT2D eigenvalue weighted by Gasteiger charge is 2.28. The van der Waals surface area contributed by atoms with E-state index in [4.69, 9.17) is 5.73 Å². The maximum atomic E-state index is 12.0. The van der Waals surface area contributed by atoms with Gasteiger partial charge in [0.25, 0.3) is 0 Å². The first-order valence-electron chi connectivity index (χ1n) is 6.86. The summed E-state index contributed by atoms with van der Waals surface area (Å²) in [7, 11) is 0. The van der Waals surface area contributed by atoms with Crippen LogP contribution in [0.4, 0.5) is 0 Å². The molecule has 0 spiro atoms. The minimum Gasteiger partial charge on any atom is -0.353 e. The zero-order chi connectivity index (χ0) is 12.1. The minimum atomic E-state index is 0.257. The molecule has 2 fully saturated rings. The van der Waals surface area contributed by atoms with E-state index >= 15 is 0 Å². The number of nitrogens with two attached hydrogens (primary N) is 1. The van der Waals surface area contributed by atoms with E-state index in [2.05, 4.69) is 5.32 Å². The number of rotatable bonds is 4. The summed E-state index contributed by atoms with van der Waals surface area (Å²) in [6.45, 7) is 0.713. The van der Waals surface area contributed by atoms with Gasteiger partial charge in [-0.1, -0.05) is 6.42 Å². The van der Waals surface area contributed by atoms with Crippen molar-refractivity contribution in [1.29, 1.82) is 0 Å². The number of nitrogens with one attached hydrogen (secondary N) is 1. The molecule has 2 unspecified atom stereocenters. The highest BCUT2D eigenvalue weighted by atomic mass is 32.2. The van der Waals surface area contributed by atoms with Crippen LogP contribution in [-0.4, -0.2) is 30.0 Å². The van der Waals surface area contributed by atoms with Gasteiger partial charge in [0.2, 0.25) is 5.91 Å². The number of carbonyl (C=O) groups excluding carboxylic acids is 1. The molecular weight excluding hydrogens is 232 g/mol. The Morgan fingerprint density at radius 2 is 2.00 bits per heavy atom. The summed E-state index contributed by atoms with van der Waals surface area (Å²) in [6, 6.07) is 0.352. The summed E-state index contributed by atoms with van der Waals surface area (Å²) in [5.41, 5.74) is 5.73. The maximum absolute atomic E-state index is 12.0. The first-order chi connectivity index (χ1) is 8.29. The van der Waals surface area contributed by atoms with Gasteiger partial charge in [-0.05, 0) is 55.6 Å². The summed E-state index contributed by atoms with van der Waals surface area (Å²) >= 11 is 2.01. The lowest BCUT2D eigenvalue weighted by Gasteiger charge is -2.23. The van der Waals surface area contributed by atoms with Crippen molar-refractivity contribution in [3.63, 3.8) is 0 Å². The molecule has 98 valence electrons. The third kappa shape index (κ3) is 3.88. The van der Waals surface area contributed by atoms with Crippen LogP contribution in [0.3, 0.4) is 0 Å². The van der Waals surface area contributed by atoms with Gasteiger partial charge in [-0.2, -0.15) is 11.8 Å². The Morgan fingerprint density at radius 3 is 2.71 bits per heavy atom. The third-order valence-electron chi connectivity index (χ3n) is 4.12. The van der Waals surface area contributed by atoms with Crippen LogP contribution in [0.1, 0.15) is 38.5 Å².